The van der Waals surface area contributed by atoms with Gasteiger partial charge in [-0.2, -0.15) is 14.8 Å². The third-order valence-electron chi connectivity index (χ3n) is 3.10. The molecule has 24 heavy (non-hydrogen) atoms. The topological polar surface area (TPSA) is 129 Å². The van der Waals surface area contributed by atoms with Gasteiger partial charge in [-0.05, 0) is 0 Å². The fourth-order valence-electron chi connectivity index (χ4n) is 1.79. The molecule has 1 unspecified atom stereocenters. The Morgan fingerprint density at radius 2 is 1.38 bits per heavy atom. The van der Waals surface area contributed by atoms with Gasteiger partial charge in [-0.15, -0.1) is 0 Å². The van der Waals surface area contributed by atoms with E-state index in [1.165, 1.54) is 51.4 Å². The van der Waals surface area contributed by atoms with Gasteiger partial charge >= 0.3 is 63.3 Å². The second-order valence-electron chi connectivity index (χ2n) is 5.27. The van der Waals surface area contributed by atoms with E-state index in [0.29, 0.717) is 0 Å². The van der Waals surface area contributed by atoms with Crippen molar-refractivity contribution in [2.75, 3.05) is 0 Å². The first-order valence-corrected chi connectivity index (χ1v) is 9.37. The molecule has 7 nitrogen and oxygen atoms in total. The van der Waals surface area contributed by atoms with Crippen molar-refractivity contribution in [1.29, 1.82) is 0 Å². The zero-order valence-electron chi connectivity index (χ0n) is 14.7. The van der Waals surface area contributed by atoms with Crippen molar-refractivity contribution >= 4 is 22.1 Å². The minimum Gasteiger partial charge on any atom is -0.481 e. The number of carbonyl (C=O) groups is 2. The minimum atomic E-state index is -4.84. The fourth-order valence-corrected chi connectivity index (χ4v) is 2.40. The predicted octanol–water partition coefficient (Wildman–Crippen LogP) is 0.157. The van der Waals surface area contributed by atoms with Crippen molar-refractivity contribution in [3.8, 4) is 0 Å². The number of aliphatic carboxylic acids is 2. The van der Waals surface area contributed by atoms with Gasteiger partial charge in [-0.3, -0.25) is 14.1 Å². The van der Waals surface area contributed by atoms with Crippen LogP contribution in [0.15, 0.2) is 0 Å². The fraction of sp³-hybridized carbons (Fsp3) is 0.800. The molecule has 3 N–H and O–H groups in total. The smallest absolute Gasteiger partial charge is 0.481 e. The van der Waals surface area contributed by atoms with Crippen molar-refractivity contribution in [3.63, 3.8) is 0 Å². The van der Waals surface area contributed by atoms with Crippen LogP contribution in [0.1, 0.15) is 71.1 Å². The molecule has 0 aliphatic carbocycles. The first-order chi connectivity index (χ1) is 10.7. The predicted molar refractivity (Wildman–Crippen MR) is 87.8 cm³/mol. The maximum absolute atomic E-state index is 10.2. The van der Waals surface area contributed by atoms with Gasteiger partial charge < -0.3 is 17.1 Å². The molecule has 0 fully saturated rings. The van der Waals surface area contributed by atoms with Crippen LogP contribution in [0.3, 0.4) is 0 Å². The normalized spacial score (nSPS) is 11.6. The van der Waals surface area contributed by atoms with E-state index in [4.69, 9.17) is 14.8 Å². The molecular formula is C15H29KO7S. The molecule has 1 atom stereocenters. The molecule has 0 amide bonds. The van der Waals surface area contributed by atoms with Crippen LogP contribution in [0.4, 0.5) is 0 Å². The van der Waals surface area contributed by atoms with Crippen LogP contribution in [0.25, 0.3) is 0 Å². The number of hydrogen-bond donors (Lipinski definition) is 3. The molecular weight excluding hydrogens is 363 g/mol. The van der Waals surface area contributed by atoms with E-state index in [0.717, 1.165) is 6.42 Å². The number of rotatable bonds is 12. The monoisotopic (exact) mass is 392 g/mol. The zero-order valence-corrected chi connectivity index (χ0v) is 18.7. The van der Waals surface area contributed by atoms with Crippen molar-refractivity contribution in [3.05, 3.63) is 6.92 Å². The molecule has 138 valence electrons. The summed E-state index contributed by atoms with van der Waals surface area (Å²) in [6, 6.07) is 0. The minimum absolute atomic E-state index is 0. The Kier molecular flexibility index (Phi) is 22.3. The van der Waals surface area contributed by atoms with E-state index in [1.807, 2.05) is 0 Å². The summed E-state index contributed by atoms with van der Waals surface area (Å²) in [4.78, 5) is 20.0. The number of hydrogen-bond acceptors (Lipinski definition) is 4. The van der Waals surface area contributed by atoms with Crippen molar-refractivity contribution in [2.24, 2.45) is 0 Å². The van der Waals surface area contributed by atoms with Crippen molar-refractivity contribution in [1.82, 2.24) is 0 Å². The maximum Gasteiger partial charge on any atom is 1.00 e. The van der Waals surface area contributed by atoms with Gasteiger partial charge in [-0.1, -0.05) is 58.3 Å². The SMILES string of the molecule is O=C(O)CC(C(=O)O)S(=O)(=O)O.[CH2-]CCCCCCCCCC.[K+]. The van der Waals surface area contributed by atoms with Gasteiger partial charge in [0.15, 0.2) is 5.25 Å². The first-order valence-electron chi connectivity index (χ1n) is 7.86. The summed E-state index contributed by atoms with van der Waals surface area (Å²) < 4.78 is 28.7. The summed E-state index contributed by atoms with van der Waals surface area (Å²) in [5.74, 6) is -3.50. The molecule has 0 aliphatic heterocycles. The summed E-state index contributed by atoms with van der Waals surface area (Å²) in [5.41, 5.74) is 0. The van der Waals surface area contributed by atoms with Crippen molar-refractivity contribution < 1.29 is 84.2 Å². The molecule has 0 heterocycles. The van der Waals surface area contributed by atoms with E-state index in [2.05, 4.69) is 13.8 Å². The average Bonchev–Trinajstić information content (AvgIpc) is 2.43. The Morgan fingerprint density at radius 1 is 0.958 bits per heavy atom. The first kappa shape index (κ1) is 29.3. The summed E-state index contributed by atoms with van der Waals surface area (Å²) in [6.45, 7) is 6.10. The second kappa shape index (κ2) is 18.3. The molecule has 0 aliphatic rings. The molecule has 0 radical (unpaired) electrons. The van der Waals surface area contributed by atoms with Crippen LogP contribution in [0.2, 0.25) is 0 Å². The van der Waals surface area contributed by atoms with E-state index in [9.17, 15) is 18.0 Å². The van der Waals surface area contributed by atoms with Crippen LogP contribution in [-0.4, -0.2) is 40.4 Å². The molecule has 0 aromatic carbocycles. The largest absolute Gasteiger partial charge is 1.00 e. The number of carboxylic acid groups (broad SMARTS) is 2. The molecule has 0 bridgehead atoms. The van der Waals surface area contributed by atoms with E-state index in [-0.39, 0.29) is 51.4 Å². The van der Waals surface area contributed by atoms with Crippen molar-refractivity contribution in [2.45, 2.75) is 76.4 Å². The van der Waals surface area contributed by atoms with E-state index in [1.54, 1.807) is 0 Å². The quantitative estimate of drug-likeness (QED) is 0.187. The van der Waals surface area contributed by atoms with Gasteiger partial charge in [0.1, 0.15) is 0 Å². The molecule has 0 saturated carbocycles. The molecule has 0 aromatic rings. The average molecular weight is 393 g/mol. The van der Waals surface area contributed by atoms with Gasteiger partial charge in [-0.25, -0.2) is 0 Å². The van der Waals surface area contributed by atoms with Gasteiger partial charge in [0.05, 0.1) is 6.42 Å². The second-order valence-corrected chi connectivity index (χ2v) is 6.87. The Labute approximate surface area is 187 Å². The van der Waals surface area contributed by atoms with Crippen LogP contribution in [0.5, 0.6) is 0 Å². The Bertz CT molecular complexity index is 416. The summed E-state index contributed by atoms with van der Waals surface area (Å²) >= 11 is 0. The third-order valence-corrected chi connectivity index (χ3v) is 4.19. The molecule has 0 aromatic heterocycles. The summed E-state index contributed by atoms with van der Waals surface area (Å²) in [7, 11) is -4.84. The molecule has 0 rings (SSSR count). The Hall–Kier alpha value is 0.486. The van der Waals surface area contributed by atoms with Gasteiger partial charge in [0, 0.05) is 0 Å². The standard InChI is InChI=1S/C11H23.C4H6O7S.K/c1-3-5-7-9-11-10-8-6-4-2;5-3(6)1-2(4(7)8)12(9,10)11;/h1,3-11H2,2H3;2H,1H2,(H,5,6)(H,7,8)(H,9,10,11);/q-1;;+1. The molecule has 0 saturated heterocycles. The van der Waals surface area contributed by atoms with Crippen LogP contribution < -0.4 is 51.4 Å². The van der Waals surface area contributed by atoms with Gasteiger partial charge in [0.25, 0.3) is 10.1 Å². The van der Waals surface area contributed by atoms with Crippen LogP contribution in [-0.2, 0) is 19.7 Å². The Balaban J connectivity index is -0.000000354. The third kappa shape index (κ3) is 20.5. The van der Waals surface area contributed by atoms with Crippen LogP contribution >= 0.6 is 0 Å². The van der Waals surface area contributed by atoms with Gasteiger partial charge in [0.2, 0.25) is 0 Å². The molecule has 0 spiro atoms. The summed E-state index contributed by atoms with van der Waals surface area (Å²) in [6.07, 6.45) is 11.2. The number of carboxylic acids is 2. The van der Waals surface area contributed by atoms with Crippen LogP contribution in [0, 0.1) is 6.92 Å². The van der Waals surface area contributed by atoms with E-state index >= 15 is 0 Å². The summed E-state index contributed by atoms with van der Waals surface area (Å²) in [5, 5.41) is 13.9. The maximum atomic E-state index is 10.2. The number of unbranched alkanes of at least 4 members (excludes halogenated alkanes) is 8. The molecule has 9 heteroatoms. The Morgan fingerprint density at radius 3 is 1.62 bits per heavy atom. The zero-order chi connectivity index (χ0) is 18.3. The van der Waals surface area contributed by atoms with E-state index < -0.39 is 33.7 Å².